The highest BCUT2D eigenvalue weighted by atomic mass is 16.5. The zero-order chi connectivity index (χ0) is 27.2. The largest absolute Gasteiger partial charge is 0.507 e. The van der Waals surface area contributed by atoms with Gasteiger partial charge in [0, 0.05) is 12.1 Å². The summed E-state index contributed by atoms with van der Waals surface area (Å²) in [6.45, 7) is 9.52. The molecule has 0 radical (unpaired) electrons. The van der Waals surface area contributed by atoms with E-state index in [2.05, 4.69) is 13.8 Å². The second kappa shape index (κ2) is 12.0. The highest BCUT2D eigenvalue weighted by Gasteiger charge is 2.46. The maximum atomic E-state index is 13.4. The molecular formula is C32H35NO5. The number of benzene rings is 3. The van der Waals surface area contributed by atoms with Gasteiger partial charge in [-0.3, -0.25) is 9.59 Å². The van der Waals surface area contributed by atoms with E-state index in [0.29, 0.717) is 30.4 Å². The first kappa shape index (κ1) is 27.0. The molecule has 0 aliphatic carbocycles. The topological polar surface area (TPSA) is 76.1 Å². The molecule has 0 aromatic heterocycles. The van der Waals surface area contributed by atoms with Gasteiger partial charge < -0.3 is 19.5 Å². The Balaban J connectivity index is 1.72. The number of amides is 1. The van der Waals surface area contributed by atoms with E-state index in [1.807, 2.05) is 62.4 Å². The number of nitrogens with zero attached hydrogens (tertiary/aromatic N) is 1. The number of aryl methyl sites for hydroxylation is 1. The summed E-state index contributed by atoms with van der Waals surface area (Å²) in [6, 6.07) is 21.5. The van der Waals surface area contributed by atoms with Crippen molar-refractivity contribution in [2.45, 2.75) is 46.7 Å². The number of Topliss-reactive ketones (excluding diaryl/α,β-unsaturated/α-hetero) is 1. The van der Waals surface area contributed by atoms with Gasteiger partial charge in [-0.25, -0.2) is 0 Å². The number of carbonyl (C=O) groups excluding carboxylic acids is 2. The van der Waals surface area contributed by atoms with E-state index in [0.717, 1.165) is 28.9 Å². The molecule has 3 aromatic rings. The number of aliphatic hydroxyl groups is 1. The third-order valence-corrected chi connectivity index (χ3v) is 6.34. The Kier molecular flexibility index (Phi) is 8.52. The SMILES string of the molecule is CCCOc1cccc(/C(O)=C2/C(=O)C(=O)N(Cc3ccc(OCC(C)C)cc3)C2c2cccc(C)c2)c1. The van der Waals surface area contributed by atoms with Crippen LogP contribution in [0.15, 0.2) is 78.4 Å². The molecule has 4 rings (SSSR count). The van der Waals surface area contributed by atoms with E-state index < -0.39 is 17.7 Å². The Morgan fingerprint density at radius 3 is 2.37 bits per heavy atom. The predicted octanol–water partition coefficient (Wildman–Crippen LogP) is 6.44. The number of ether oxygens (including phenoxy) is 2. The van der Waals surface area contributed by atoms with Crippen molar-refractivity contribution < 1.29 is 24.2 Å². The summed E-state index contributed by atoms with van der Waals surface area (Å²) in [5.41, 5.74) is 3.12. The third kappa shape index (κ3) is 6.08. The van der Waals surface area contributed by atoms with Crippen molar-refractivity contribution in [2.75, 3.05) is 13.2 Å². The van der Waals surface area contributed by atoms with Gasteiger partial charge in [0.25, 0.3) is 11.7 Å². The Hall–Kier alpha value is -4.06. The minimum absolute atomic E-state index is 0.0742. The van der Waals surface area contributed by atoms with Gasteiger partial charge in [0.2, 0.25) is 0 Å². The van der Waals surface area contributed by atoms with Gasteiger partial charge in [-0.1, -0.05) is 74.9 Å². The highest BCUT2D eigenvalue weighted by molar-refractivity contribution is 6.46. The second-order valence-electron chi connectivity index (χ2n) is 10.1. The molecule has 1 atom stereocenters. The standard InChI is InChI=1S/C32H35NO5/c1-5-16-37-27-11-7-10-25(18-27)30(34)28-29(24-9-6-8-22(4)17-24)33(32(36)31(28)35)19-23-12-14-26(15-13-23)38-20-21(2)3/h6-15,17-18,21,29,34H,5,16,19-20H2,1-4H3/b30-28-. The summed E-state index contributed by atoms with van der Waals surface area (Å²) in [5.74, 6) is 0.204. The molecule has 1 heterocycles. The molecule has 6 nitrogen and oxygen atoms in total. The van der Waals surface area contributed by atoms with Crippen LogP contribution in [0.5, 0.6) is 11.5 Å². The van der Waals surface area contributed by atoms with Crippen LogP contribution in [0.3, 0.4) is 0 Å². The number of carbonyl (C=O) groups is 2. The number of hydrogen-bond acceptors (Lipinski definition) is 5. The van der Waals surface area contributed by atoms with Crippen LogP contribution in [-0.4, -0.2) is 34.9 Å². The summed E-state index contributed by atoms with van der Waals surface area (Å²) in [7, 11) is 0. The van der Waals surface area contributed by atoms with Crippen LogP contribution < -0.4 is 9.47 Å². The van der Waals surface area contributed by atoms with Crippen LogP contribution in [0.25, 0.3) is 5.76 Å². The van der Waals surface area contributed by atoms with Crippen molar-refractivity contribution in [1.82, 2.24) is 4.90 Å². The fourth-order valence-corrected chi connectivity index (χ4v) is 4.49. The van der Waals surface area contributed by atoms with Gasteiger partial charge in [0.05, 0.1) is 24.8 Å². The molecule has 3 aromatic carbocycles. The summed E-state index contributed by atoms with van der Waals surface area (Å²) in [5, 5.41) is 11.4. The Labute approximate surface area is 224 Å². The maximum Gasteiger partial charge on any atom is 0.295 e. The molecular weight excluding hydrogens is 478 g/mol. The first-order valence-corrected chi connectivity index (χ1v) is 13.1. The zero-order valence-electron chi connectivity index (χ0n) is 22.4. The summed E-state index contributed by atoms with van der Waals surface area (Å²) >= 11 is 0. The van der Waals surface area contributed by atoms with Crippen molar-refractivity contribution in [2.24, 2.45) is 5.92 Å². The van der Waals surface area contributed by atoms with Gasteiger partial charge in [-0.05, 0) is 54.7 Å². The molecule has 1 aliphatic rings. The predicted molar refractivity (Wildman–Crippen MR) is 148 cm³/mol. The smallest absolute Gasteiger partial charge is 0.295 e. The normalized spacial score (nSPS) is 16.8. The summed E-state index contributed by atoms with van der Waals surface area (Å²) in [6.07, 6.45) is 0.847. The van der Waals surface area contributed by atoms with Gasteiger partial charge in [-0.2, -0.15) is 0 Å². The molecule has 38 heavy (non-hydrogen) atoms. The molecule has 0 saturated carbocycles. The van der Waals surface area contributed by atoms with Crippen LogP contribution in [0.4, 0.5) is 0 Å². The van der Waals surface area contributed by atoms with Crippen molar-refractivity contribution >= 4 is 17.4 Å². The Bertz CT molecular complexity index is 1330. The van der Waals surface area contributed by atoms with Gasteiger partial charge in [0.1, 0.15) is 17.3 Å². The minimum atomic E-state index is -0.730. The zero-order valence-corrected chi connectivity index (χ0v) is 22.4. The molecule has 6 heteroatoms. The molecule has 1 N–H and O–H groups in total. The van der Waals surface area contributed by atoms with E-state index in [9.17, 15) is 14.7 Å². The monoisotopic (exact) mass is 513 g/mol. The van der Waals surface area contributed by atoms with E-state index in [4.69, 9.17) is 9.47 Å². The summed E-state index contributed by atoms with van der Waals surface area (Å²) in [4.78, 5) is 28.3. The van der Waals surface area contributed by atoms with Crippen LogP contribution in [0.2, 0.25) is 0 Å². The number of hydrogen-bond donors (Lipinski definition) is 1. The molecule has 0 spiro atoms. The maximum absolute atomic E-state index is 13.4. The van der Waals surface area contributed by atoms with Crippen LogP contribution in [-0.2, 0) is 16.1 Å². The average molecular weight is 514 g/mol. The molecule has 1 amide bonds. The first-order valence-electron chi connectivity index (χ1n) is 13.1. The molecule has 1 aliphatic heterocycles. The first-order chi connectivity index (χ1) is 18.3. The van der Waals surface area contributed by atoms with Gasteiger partial charge in [-0.15, -0.1) is 0 Å². The van der Waals surface area contributed by atoms with Crippen molar-refractivity contribution in [1.29, 1.82) is 0 Å². The second-order valence-corrected chi connectivity index (χ2v) is 10.1. The van der Waals surface area contributed by atoms with Crippen LogP contribution in [0.1, 0.15) is 55.5 Å². The lowest BCUT2D eigenvalue weighted by atomic mass is 9.94. The lowest BCUT2D eigenvalue weighted by Gasteiger charge is -2.26. The molecule has 198 valence electrons. The Morgan fingerprint density at radius 2 is 1.68 bits per heavy atom. The van der Waals surface area contributed by atoms with Crippen molar-refractivity contribution in [3.8, 4) is 11.5 Å². The summed E-state index contributed by atoms with van der Waals surface area (Å²) < 4.78 is 11.5. The number of aliphatic hydroxyl groups excluding tert-OH is 1. The lowest BCUT2D eigenvalue weighted by molar-refractivity contribution is -0.140. The molecule has 0 bridgehead atoms. The number of ketones is 1. The molecule has 1 fully saturated rings. The van der Waals surface area contributed by atoms with Crippen LogP contribution >= 0.6 is 0 Å². The fraction of sp³-hybridized carbons (Fsp3) is 0.312. The van der Waals surface area contributed by atoms with Crippen molar-refractivity contribution in [3.63, 3.8) is 0 Å². The lowest BCUT2D eigenvalue weighted by Crippen LogP contribution is -2.29. The van der Waals surface area contributed by atoms with Crippen LogP contribution in [0, 0.1) is 12.8 Å². The minimum Gasteiger partial charge on any atom is -0.507 e. The van der Waals surface area contributed by atoms with Crippen molar-refractivity contribution in [3.05, 3.63) is 101 Å². The van der Waals surface area contributed by atoms with E-state index in [1.54, 1.807) is 24.3 Å². The van der Waals surface area contributed by atoms with E-state index >= 15 is 0 Å². The third-order valence-electron chi connectivity index (χ3n) is 6.34. The quantitative estimate of drug-likeness (QED) is 0.192. The highest BCUT2D eigenvalue weighted by Crippen LogP contribution is 2.41. The molecule has 1 saturated heterocycles. The Morgan fingerprint density at radius 1 is 0.947 bits per heavy atom. The van der Waals surface area contributed by atoms with Gasteiger partial charge >= 0.3 is 0 Å². The van der Waals surface area contributed by atoms with E-state index in [-0.39, 0.29) is 17.9 Å². The average Bonchev–Trinajstić information content (AvgIpc) is 3.16. The molecule has 1 unspecified atom stereocenters. The number of rotatable bonds is 10. The van der Waals surface area contributed by atoms with E-state index in [1.165, 1.54) is 4.90 Å². The fourth-order valence-electron chi connectivity index (χ4n) is 4.49. The number of likely N-dealkylation sites (tertiary alicyclic amines) is 1. The van der Waals surface area contributed by atoms with Gasteiger partial charge in [0.15, 0.2) is 0 Å².